The predicted octanol–water partition coefficient (Wildman–Crippen LogP) is 1.16. The van der Waals surface area contributed by atoms with Crippen molar-refractivity contribution in [2.24, 2.45) is 0 Å². The van der Waals surface area contributed by atoms with Crippen molar-refractivity contribution < 1.29 is 23.6 Å². The average Bonchev–Trinajstić information content (AvgIpc) is 3.23. The van der Waals surface area contributed by atoms with E-state index in [1.54, 1.807) is 18.7 Å². The predicted molar refractivity (Wildman–Crippen MR) is 92.8 cm³/mol. The number of nitrogens with zero attached hydrogens (tertiary/aromatic N) is 3. The van der Waals surface area contributed by atoms with Crippen molar-refractivity contribution in [3.8, 4) is 0 Å². The van der Waals surface area contributed by atoms with E-state index in [-0.39, 0.29) is 30.5 Å². The van der Waals surface area contributed by atoms with Crippen LogP contribution in [0, 0.1) is 13.8 Å². The molecule has 0 spiro atoms. The van der Waals surface area contributed by atoms with Crippen LogP contribution in [0.25, 0.3) is 0 Å². The van der Waals surface area contributed by atoms with E-state index in [2.05, 4.69) is 5.16 Å². The van der Waals surface area contributed by atoms with E-state index in [4.69, 9.17) is 14.0 Å². The third-order valence-electron chi connectivity index (χ3n) is 5.23. The minimum absolute atomic E-state index is 0.00479. The highest BCUT2D eigenvalue weighted by atomic mass is 16.5. The first-order valence-electron chi connectivity index (χ1n) is 9.13. The van der Waals surface area contributed by atoms with Gasteiger partial charge in [-0.3, -0.25) is 9.59 Å². The zero-order chi connectivity index (χ0) is 18.7. The molecule has 1 unspecified atom stereocenters. The number of ether oxygens (including phenoxy) is 2. The second-order valence-corrected chi connectivity index (χ2v) is 6.97. The summed E-state index contributed by atoms with van der Waals surface area (Å²) in [4.78, 5) is 29.3. The fraction of sp³-hybridized carbons (Fsp3) is 0.722. The summed E-state index contributed by atoms with van der Waals surface area (Å²) in [6.07, 6.45) is 2.41. The second kappa shape index (κ2) is 8.18. The molecule has 1 aromatic heterocycles. The van der Waals surface area contributed by atoms with Gasteiger partial charge in [-0.15, -0.1) is 0 Å². The monoisotopic (exact) mass is 365 g/mol. The molecular weight excluding hydrogens is 338 g/mol. The van der Waals surface area contributed by atoms with Crippen molar-refractivity contribution in [3.05, 3.63) is 17.0 Å². The van der Waals surface area contributed by atoms with E-state index < -0.39 is 0 Å². The van der Waals surface area contributed by atoms with E-state index in [9.17, 15) is 9.59 Å². The molecule has 8 heteroatoms. The Kier molecular flexibility index (Phi) is 5.93. The summed E-state index contributed by atoms with van der Waals surface area (Å²) in [6, 6.07) is 0.149. The number of hydrogen-bond donors (Lipinski definition) is 0. The van der Waals surface area contributed by atoms with Gasteiger partial charge in [0.1, 0.15) is 17.9 Å². The lowest BCUT2D eigenvalue weighted by atomic mass is 10.0. The van der Waals surface area contributed by atoms with Crippen molar-refractivity contribution in [1.82, 2.24) is 15.0 Å². The van der Waals surface area contributed by atoms with Crippen LogP contribution in [0.2, 0.25) is 0 Å². The lowest BCUT2D eigenvalue weighted by molar-refractivity contribution is -0.142. The molecule has 2 amide bonds. The molecule has 0 aliphatic carbocycles. The molecule has 1 aromatic rings. The van der Waals surface area contributed by atoms with Crippen molar-refractivity contribution in [2.45, 2.75) is 45.2 Å². The summed E-state index contributed by atoms with van der Waals surface area (Å²) >= 11 is 0. The molecule has 0 bridgehead atoms. The van der Waals surface area contributed by atoms with Crippen LogP contribution in [0.4, 0.5) is 0 Å². The standard InChI is InChI=1S/C18H27N3O5/c1-12-17(13(2)26-19-12)18(23)20-7-4-15(10-20)21(16(22)11-24-3)14-5-8-25-9-6-14/h14-15H,4-11H2,1-3H3. The summed E-state index contributed by atoms with van der Waals surface area (Å²) < 4.78 is 15.6. The molecule has 2 aliphatic heterocycles. The summed E-state index contributed by atoms with van der Waals surface area (Å²) in [5.74, 6) is 0.443. The molecule has 2 aliphatic rings. The molecule has 2 saturated heterocycles. The van der Waals surface area contributed by atoms with Crippen LogP contribution in [0.5, 0.6) is 0 Å². The van der Waals surface area contributed by atoms with E-state index in [1.165, 1.54) is 7.11 Å². The number of carbonyl (C=O) groups excluding carboxylic acids is 2. The minimum atomic E-state index is -0.0742. The smallest absolute Gasteiger partial charge is 0.259 e. The molecule has 3 heterocycles. The topological polar surface area (TPSA) is 85.1 Å². The fourth-order valence-corrected chi connectivity index (χ4v) is 3.97. The first-order chi connectivity index (χ1) is 12.5. The van der Waals surface area contributed by atoms with Gasteiger partial charge in [0, 0.05) is 39.5 Å². The SMILES string of the molecule is COCC(=O)N(C1CCOCC1)C1CCN(C(=O)c2c(C)noc2C)C1. The van der Waals surface area contributed by atoms with Crippen molar-refractivity contribution >= 4 is 11.8 Å². The second-order valence-electron chi connectivity index (χ2n) is 6.97. The number of aromatic nitrogens is 1. The van der Waals surface area contributed by atoms with Crippen molar-refractivity contribution in [1.29, 1.82) is 0 Å². The van der Waals surface area contributed by atoms with Crippen LogP contribution in [-0.2, 0) is 14.3 Å². The molecule has 2 fully saturated rings. The van der Waals surface area contributed by atoms with E-state index in [0.717, 1.165) is 19.3 Å². The Bertz CT molecular complexity index is 634. The molecule has 0 radical (unpaired) electrons. The highest BCUT2D eigenvalue weighted by Gasteiger charge is 2.38. The van der Waals surface area contributed by atoms with Crippen molar-refractivity contribution in [2.75, 3.05) is 40.0 Å². The van der Waals surface area contributed by atoms with Crippen LogP contribution >= 0.6 is 0 Å². The maximum atomic E-state index is 12.9. The average molecular weight is 365 g/mol. The Morgan fingerprint density at radius 3 is 2.58 bits per heavy atom. The molecule has 3 rings (SSSR count). The van der Waals surface area contributed by atoms with Crippen LogP contribution in [0.1, 0.15) is 41.1 Å². The molecule has 1 atom stereocenters. The summed E-state index contributed by atoms with van der Waals surface area (Å²) in [6.45, 7) is 6.05. The van der Waals surface area contributed by atoms with Gasteiger partial charge in [-0.1, -0.05) is 5.16 Å². The summed E-state index contributed by atoms with van der Waals surface area (Å²) in [5.41, 5.74) is 1.14. The van der Waals surface area contributed by atoms with E-state index >= 15 is 0 Å². The minimum Gasteiger partial charge on any atom is -0.381 e. The number of carbonyl (C=O) groups is 2. The third kappa shape index (κ3) is 3.76. The highest BCUT2D eigenvalue weighted by molar-refractivity contribution is 5.96. The van der Waals surface area contributed by atoms with Gasteiger partial charge < -0.3 is 23.8 Å². The maximum Gasteiger partial charge on any atom is 0.259 e. The fourth-order valence-electron chi connectivity index (χ4n) is 3.97. The molecule has 0 N–H and O–H groups in total. The van der Waals surface area contributed by atoms with Gasteiger partial charge in [-0.05, 0) is 33.1 Å². The number of hydrogen-bond acceptors (Lipinski definition) is 6. The Labute approximate surface area is 153 Å². The zero-order valence-corrected chi connectivity index (χ0v) is 15.7. The van der Waals surface area contributed by atoms with Crippen LogP contribution in [0.3, 0.4) is 0 Å². The summed E-state index contributed by atoms with van der Waals surface area (Å²) in [7, 11) is 1.53. The van der Waals surface area contributed by atoms with Gasteiger partial charge in [0.15, 0.2) is 0 Å². The Balaban J connectivity index is 1.73. The lowest BCUT2D eigenvalue weighted by Gasteiger charge is -2.38. The van der Waals surface area contributed by atoms with Gasteiger partial charge >= 0.3 is 0 Å². The number of aryl methyl sites for hydroxylation is 2. The van der Waals surface area contributed by atoms with E-state index in [1.807, 2.05) is 4.90 Å². The lowest BCUT2D eigenvalue weighted by Crippen LogP contribution is -2.51. The molecule has 26 heavy (non-hydrogen) atoms. The third-order valence-corrected chi connectivity index (χ3v) is 5.23. The Hall–Kier alpha value is -1.93. The number of likely N-dealkylation sites (tertiary alicyclic amines) is 1. The highest BCUT2D eigenvalue weighted by Crippen LogP contribution is 2.26. The molecule has 144 valence electrons. The maximum absolute atomic E-state index is 12.9. The summed E-state index contributed by atoms with van der Waals surface area (Å²) in [5, 5.41) is 3.87. The van der Waals surface area contributed by atoms with Gasteiger partial charge in [-0.25, -0.2) is 0 Å². The molecular formula is C18H27N3O5. The number of methoxy groups -OCH3 is 1. The van der Waals surface area contributed by atoms with E-state index in [0.29, 0.717) is 43.3 Å². The molecule has 0 saturated carbocycles. The number of rotatable bonds is 5. The van der Waals surface area contributed by atoms with Crippen LogP contribution in [-0.4, -0.2) is 78.9 Å². The van der Waals surface area contributed by atoms with Gasteiger partial charge in [0.05, 0.1) is 11.7 Å². The van der Waals surface area contributed by atoms with Crippen LogP contribution < -0.4 is 0 Å². The quantitative estimate of drug-likeness (QED) is 0.778. The van der Waals surface area contributed by atoms with Gasteiger partial charge in [0.2, 0.25) is 5.91 Å². The first-order valence-corrected chi connectivity index (χ1v) is 9.13. The Morgan fingerprint density at radius 2 is 1.96 bits per heavy atom. The number of amides is 2. The first kappa shape index (κ1) is 18.8. The Morgan fingerprint density at radius 1 is 1.23 bits per heavy atom. The van der Waals surface area contributed by atoms with Crippen molar-refractivity contribution in [3.63, 3.8) is 0 Å². The molecule has 8 nitrogen and oxygen atoms in total. The van der Waals surface area contributed by atoms with Crippen LogP contribution in [0.15, 0.2) is 4.52 Å². The van der Waals surface area contributed by atoms with Gasteiger partial charge in [0.25, 0.3) is 5.91 Å². The zero-order valence-electron chi connectivity index (χ0n) is 15.7. The van der Waals surface area contributed by atoms with Gasteiger partial charge in [-0.2, -0.15) is 0 Å². The normalized spacial score (nSPS) is 21.2. The largest absolute Gasteiger partial charge is 0.381 e. The molecule has 0 aromatic carbocycles.